The fraction of sp³-hybridized carbons (Fsp3) is 0.500. The van der Waals surface area contributed by atoms with Crippen molar-refractivity contribution in [1.82, 2.24) is 9.97 Å². The highest BCUT2D eigenvalue weighted by Crippen LogP contribution is 2.35. The van der Waals surface area contributed by atoms with Gasteiger partial charge in [-0.15, -0.1) is 22.7 Å². The first-order valence-electron chi connectivity index (χ1n) is 6.14. The largest absolute Gasteiger partial charge is 0.371 e. The van der Waals surface area contributed by atoms with Crippen LogP contribution in [0.1, 0.15) is 30.9 Å². The average molecular weight is 281 g/mol. The predicted octanol–water partition coefficient (Wildman–Crippen LogP) is 3.55. The van der Waals surface area contributed by atoms with E-state index in [1.54, 1.807) is 22.7 Å². The summed E-state index contributed by atoms with van der Waals surface area (Å²) in [4.78, 5) is 10.1. The number of ether oxygens (including phenoxy) is 1. The fourth-order valence-electron chi connectivity index (χ4n) is 1.95. The third-order valence-electron chi connectivity index (χ3n) is 2.81. The molecule has 1 fully saturated rings. The standard InChI is InChI=1S/C12H15N3OS2/c1-2-13-12-15-8(7-17-12)10-6-14-11(18-10)9-4-3-5-16-9/h6-7,9H,2-5H2,1H3,(H,13,15). The van der Waals surface area contributed by atoms with Gasteiger partial charge in [0, 0.05) is 24.7 Å². The van der Waals surface area contributed by atoms with Crippen LogP contribution in [0.25, 0.3) is 10.6 Å². The molecular formula is C12H15N3OS2. The second-order valence-electron chi connectivity index (χ2n) is 4.13. The number of rotatable bonds is 4. The van der Waals surface area contributed by atoms with Crippen molar-refractivity contribution in [3.05, 3.63) is 16.6 Å². The molecule has 1 unspecified atom stereocenters. The van der Waals surface area contributed by atoms with Gasteiger partial charge in [0.1, 0.15) is 11.1 Å². The molecular weight excluding hydrogens is 266 g/mol. The molecule has 0 aliphatic carbocycles. The Morgan fingerprint density at radius 1 is 1.56 bits per heavy atom. The van der Waals surface area contributed by atoms with Gasteiger partial charge in [-0.2, -0.15) is 0 Å². The molecule has 0 aromatic carbocycles. The summed E-state index contributed by atoms with van der Waals surface area (Å²) in [5.74, 6) is 0. The molecule has 4 nitrogen and oxygen atoms in total. The molecule has 1 aliphatic rings. The van der Waals surface area contributed by atoms with E-state index in [1.807, 2.05) is 6.20 Å². The fourth-order valence-corrected chi connectivity index (χ4v) is 3.77. The van der Waals surface area contributed by atoms with Crippen molar-refractivity contribution in [1.29, 1.82) is 0 Å². The monoisotopic (exact) mass is 281 g/mol. The second kappa shape index (κ2) is 5.34. The molecule has 0 amide bonds. The SMILES string of the molecule is CCNc1nc(-c2cnc(C3CCCO3)s2)cs1. The molecule has 3 rings (SSSR count). The Balaban J connectivity index is 1.78. The number of hydrogen-bond donors (Lipinski definition) is 1. The number of hydrogen-bond acceptors (Lipinski definition) is 6. The van der Waals surface area contributed by atoms with Crippen LogP contribution in [0.15, 0.2) is 11.6 Å². The van der Waals surface area contributed by atoms with E-state index in [9.17, 15) is 0 Å². The number of nitrogens with one attached hydrogen (secondary N) is 1. The normalized spacial score (nSPS) is 19.3. The smallest absolute Gasteiger partial charge is 0.183 e. The molecule has 2 aromatic rings. The van der Waals surface area contributed by atoms with E-state index >= 15 is 0 Å². The summed E-state index contributed by atoms with van der Waals surface area (Å²) in [5, 5.41) is 7.36. The topological polar surface area (TPSA) is 47.0 Å². The lowest BCUT2D eigenvalue weighted by molar-refractivity contribution is 0.111. The minimum Gasteiger partial charge on any atom is -0.371 e. The minimum absolute atomic E-state index is 0.204. The highest BCUT2D eigenvalue weighted by molar-refractivity contribution is 7.16. The van der Waals surface area contributed by atoms with Crippen LogP contribution in [0.2, 0.25) is 0 Å². The molecule has 0 bridgehead atoms. The van der Waals surface area contributed by atoms with Crippen LogP contribution in [0.3, 0.4) is 0 Å². The summed E-state index contributed by atoms with van der Waals surface area (Å²) in [5.41, 5.74) is 1.01. The first kappa shape index (κ1) is 12.1. The van der Waals surface area contributed by atoms with Gasteiger partial charge in [0.05, 0.1) is 10.6 Å². The van der Waals surface area contributed by atoms with Gasteiger partial charge < -0.3 is 10.1 Å². The van der Waals surface area contributed by atoms with Gasteiger partial charge in [-0.05, 0) is 19.8 Å². The van der Waals surface area contributed by atoms with Gasteiger partial charge in [0.15, 0.2) is 5.13 Å². The Hall–Kier alpha value is -0.980. The van der Waals surface area contributed by atoms with Crippen molar-refractivity contribution in [2.45, 2.75) is 25.9 Å². The van der Waals surface area contributed by atoms with Crippen LogP contribution >= 0.6 is 22.7 Å². The summed E-state index contributed by atoms with van der Waals surface area (Å²) in [7, 11) is 0. The van der Waals surface area contributed by atoms with Crippen molar-refractivity contribution < 1.29 is 4.74 Å². The number of thiazole rings is 2. The van der Waals surface area contributed by atoms with Crippen LogP contribution in [0.5, 0.6) is 0 Å². The van der Waals surface area contributed by atoms with E-state index in [0.717, 1.165) is 46.7 Å². The van der Waals surface area contributed by atoms with E-state index in [2.05, 4.69) is 27.6 Å². The molecule has 0 spiro atoms. The van der Waals surface area contributed by atoms with Gasteiger partial charge in [-0.3, -0.25) is 0 Å². The van der Waals surface area contributed by atoms with Gasteiger partial charge in [-0.1, -0.05) is 0 Å². The Labute approximate surface area is 114 Å². The van der Waals surface area contributed by atoms with E-state index in [1.165, 1.54) is 0 Å². The van der Waals surface area contributed by atoms with Crippen molar-refractivity contribution in [3.8, 4) is 10.6 Å². The maximum atomic E-state index is 5.65. The van der Waals surface area contributed by atoms with Crippen LogP contribution in [-0.2, 0) is 4.74 Å². The van der Waals surface area contributed by atoms with Crippen LogP contribution in [-0.4, -0.2) is 23.1 Å². The Morgan fingerprint density at radius 2 is 2.50 bits per heavy atom. The Morgan fingerprint density at radius 3 is 3.28 bits per heavy atom. The molecule has 0 radical (unpaired) electrons. The zero-order valence-corrected chi connectivity index (χ0v) is 11.8. The molecule has 96 valence electrons. The van der Waals surface area contributed by atoms with Crippen molar-refractivity contribution >= 4 is 27.8 Å². The maximum absolute atomic E-state index is 5.65. The van der Waals surface area contributed by atoms with E-state index in [-0.39, 0.29) is 6.10 Å². The third kappa shape index (κ3) is 2.41. The Bertz CT molecular complexity index is 517. The molecule has 1 saturated heterocycles. The zero-order valence-electron chi connectivity index (χ0n) is 10.2. The average Bonchev–Trinajstić information content (AvgIpc) is 3.10. The van der Waals surface area contributed by atoms with E-state index in [4.69, 9.17) is 4.74 Å². The van der Waals surface area contributed by atoms with Gasteiger partial charge in [-0.25, -0.2) is 9.97 Å². The van der Waals surface area contributed by atoms with Crippen molar-refractivity contribution in [3.63, 3.8) is 0 Å². The van der Waals surface area contributed by atoms with Crippen LogP contribution in [0.4, 0.5) is 5.13 Å². The zero-order chi connectivity index (χ0) is 12.4. The number of anilines is 1. The lowest BCUT2D eigenvalue weighted by atomic mass is 10.2. The predicted molar refractivity (Wildman–Crippen MR) is 75.3 cm³/mol. The van der Waals surface area contributed by atoms with Gasteiger partial charge >= 0.3 is 0 Å². The first-order valence-corrected chi connectivity index (χ1v) is 7.83. The molecule has 18 heavy (non-hydrogen) atoms. The molecule has 1 atom stereocenters. The maximum Gasteiger partial charge on any atom is 0.183 e. The van der Waals surface area contributed by atoms with Crippen molar-refractivity contribution in [2.75, 3.05) is 18.5 Å². The Kier molecular flexibility index (Phi) is 3.58. The minimum atomic E-state index is 0.204. The molecule has 0 saturated carbocycles. The quantitative estimate of drug-likeness (QED) is 0.931. The number of nitrogens with zero attached hydrogens (tertiary/aromatic N) is 2. The van der Waals surface area contributed by atoms with E-state index < -0.39 is 0 Å². The molecule has 2 aromatic heterocycles. The second-order valence-corrected chi connectivity index (χ2v) is 6.05. The highest BCUT2D eigenvalue weighted by atomic mass is 32.1. The molecule has 1 N–H and O–H groups in total. The van der Waals surface area contributed by atoms with Crippen LogP contribution < -0.4 is 5.32 Å². The summed E-state index contributed by atoms with van der Waals surface area (Å²) in [6, 6.07) is 0. The van der Waals surface area contributed by atoms with Gasteiger partial charge in [0.25, 0.3) is 0 Å². The lowest BCUT2D eigenvalue weighted by Crippen LogP contribution is -1.94. The van der Waals surface area contributed by atoms with Crippen molar-refractivity contribution in [2.24, 2.45) is 0 Å². The summed E-state index contributed by atoms with van der Waals surface area (Å²) in [6.45, 7) is 3.83. The summed E-state index contributed by atoms with van der Waals surface area (Å²) >= 11 is 3.33. The van der Waals surface area contributed by atoms with Crippen LogP contribution in [0, 0.1) is 0 Å². The molecule has 3 heterocycles. The third-order valence-corrected chi connectivity index (χ3v) is 4.73. The number of aromatic nitrogens is 2. The summed E-state index contributed by atoms with van der Waals surface area (Å²) in [6.07, 6.45) is 4.34. The molecule has 6 heteroatoms. The molecule has 1 aliphatic heterocycles. The van der Waals surface area contributed by atoms with Gasteiger partial charge in [0.2, 0.25) is 0 Å². The first-order chi connectivity index (χ1) is 8.86. The van der Waals surface area contributed by atoms with E-state index in [0.29, 0.717) is 0 Å². The highest BCUT2D eigenvalue weighted by Gasteiger charge is 2.21. The lowest BCUT2D eigenvalue weighted by Gasteiger charge is -2.02. The summed E-state index contributed by atoms with van der Waals surface area (Å²) < 4.78 is 5.65.